The van der Waals surface area contributed by atoms with Crippen LogP contribution in [-0.4, -0.2) is 56.2 Å². The number of amides is 2. The SMILES string of the molecule is O=C(CCNC(=O)c1ccc2c(c1)C[NH2+]CC2)NC[C@@H](C(=O)O)S(=O)(=O)c1ccccc1. The summed E-state index contributed by atoms with van der Waals surface area (Å²) < 4.78 is 25.1. The summed E-state index contributed by atoms with van der Waals surface area (Å²) in [6.45, 7) is 1.33. The molecule has 5 N–H and O–H groups in total. The van der Waals surface area contributed by atoms with E-state index in [4.69, 9.17) is 0 Å². The molecule has 0 unspecified atom stereocenters. The average molecular weight is 461 g/mol. The number of carbonyl (C=O) groups excluding carboxylic acids is 2. The van der Waals surface area contributed by atoms with Gasteiger partial charge < -0.3 is 21.1 Å². The van der Waals surface area contributed by atoms with Crippen LogP contribution in [-0.2, 0) is 32.4 Å². The van der Waals surface area contributed by atoms with Crippen LogP contribution < -0.4 is 16.0 Å². The molecule has 1 aliphatic heterocycles. The standard InChI is InChI=1S/C22H25N3O6S/c26-20(25-14-19(22(28)29)32(30,31)18-4-2-1-3-5-18)9-11-24-21(27)16-7-6-15-8-10-23-13-17(15)12-16/h1-7,12,19,23H,8-11,13-14H2,(H,24,27)(H,25,26)(H,28,29)/p+1/t19-/m0/s1. The summed E-state index contributed by atoms with van der Waals surface area (Å²) in [4.78, 5) is 35.8. The van der Waals surface area contributed by atoms with Crippen molar-refractivity contribution < 1.29 is 33.2 Å². The fourth-order valence-corrected chi connectivity index (χ4v) is 4.94. The first-order valence-electron chi connectivity index (χ1n) is 10.3. The van der Waals surface area contributed by atoms with Gasteiger partial charge in [0.15, 0.2) is 15.1 Å². The Morgan fingerprint density at radius 1 is 1.03 bits per heavy atom. The molecule has 2 aromatic rings. The van der Waals surface area contributed by atoms with Crippen molar-refractivity contribution >= 4 is 27.6 Å². The van der Waals surface area contributed by atoms with Crippen molar-refractivity contribution in [3.05, 3.63) is 65.2 Å². The predicted molar refractivity (Wildman–Crippen MR) is 116 cm³/mol. The van der Waals surface area contributed by atoms with Gasteiger partial charge in [0.05, 0.1) is 11.4 Å². The zero-order valence-electron chi connectivity index (χ0n) is 17.4. The first-order chi connectivity index (χ1) is 15.3. The molecular weight excluding hydrogens is 434 g/mol. The number of carboxylic acids is 1. The lowest BCUT2D eigenvalue weighted by Gasteiger charge is -2.15. The highest BCUT2D eigenvalue weighted by molar-refractivity contribution is 7.92. The normalized spacial score (nSPS) is 14.1. The first-order valence-corrected chi connectivity index (χ1v) is 11.8. The summed E-state index contributed by atoms with van der Waals surface area (Å²) in [5, 5.41) is 14.7. The molecule has 1 heterocycles. The van der Waals surface area contributed by atoms with Gasteiger partial charge in [0.2, 0.25) is 5.91 Å². The number of carbonyl (C=O) groups is 3. The van der Waals surface area contributed by atoms with Gasteiger partial charge in [-0.2, -0.15) is 0 Å². The van der Waals surface area contributed by atoms with Crippen LogP contribution in [0.1, 0.15) is 27.9 Å². The maximum Gasteiger partial charge on any atom is 0.324 e. The molecule has 3 rings (SSSR count). The second kappa shape index (κ2) is 10.4. The number of nitrogens with one attached hydrogen (secondary N) is 2. The Balaban J connectivity index is 1.50. The Labute approximate surface area is 186 Å². The van der Waals surface area contributed by atoms with Crippen LogP contribution in [0.5, 0.6) is 0 Å². The molecule has 2 amide bonds. The number of aliphatic carboxylic acids is 1. The van der Waals surface area contributed by atoms with Gasteiger partial charge in [0.25, 0.3) is 5.91 Å². The minimum atomic E-state index is -4.16. The maximum atomic E-state index is 12.6. The topological polar surface area (TPSA) is 146 Å². The van der Waals surface area contributed by atoms with Gasteiger partial charge in [0, 0.05) is 37.1 Å². The summed E-state index contributed by atoms with van der Waals surface area (Å²) in [6.07, 6.45) is 0.858. The van der Waals surface area contributed by atoms with Crippen LogP contribution in [0.15, 0.2) is 53.4 Å². The molecule has 170 valence electrons. The molecule has 32 heavy (non-hydrogen) atoms. The molecular formula is C22H26N3O6S+. The monoisotopic (exact) mass is 460 g/mol. The van der Waals surface area contributed by atoms with E-state index in [2.05, 4.69) is 16.0 Å². The Morgan fingerprint density at radius 3 is 2.50 bits per heavy atom. The van der Waals surface area contributed by atoms with E-state index in [9.17, 15) is 27.9 Å². The Morgan fingerprint density at radius 2 is 1.78 bits per heavy atom. The number of nitrogens with two attached hydrogens (primary N) is 1. The minimum Gasteiger partial charge on any atom is -0.480 e. The lowest BCUT2D eigenvalue weighted by atomic mass is 9.98. The van der Waals surface area contributed by atoms with Crippen LogP contribution in [0.4, 0.5) is 0 Å². The quantitative estimate of drug-likeness (QED) is 0.396. The highest BCUT2D eigenvalue weighted by Crippen LogP contribution is 2.16. The third kappa shape index (κ3) is 5.71. The molecule has 0 saturated heterocycles. The summed E-state index contributed by atoms with van der Waals surface area (Å²) in [5.74, 6) is -2.41. The molecule has 0 saturated carbocycles. The lowest BCUT2D eigenvalue weighted by molar-refractivity contribution is -0.673. The molecule has 0 bridgehead atoms. The molecule has 2 aromatic carbocycles. The lowest BCUT2D eigenvalue weighted by Crippen LogP contribution is -2.84. The number of carboxylic acid groups (broad SMARTS) is 1. The Hall–Kier alpha value is -3.24. The van der Waals surface area contributed by atoms with E-state index in [-0.39, 0.29) is 23.8 Å². The van der Waals surface area contributed by atoms with E-state index in [1.807, 2.05) is 12.1 Å². The van der Waals surface area contributed by atoms with Crippen LogP contribution in [0.3, 0.4) is 0 Å². The molecule has 1 atom stereocenters. The summed E-state index contributed by atoms with van der Waals surface area (Å²) in [5.41, 5.74) is 2.88. The van der Waals surface area contributed by atoms with Gasteiger partial charge in [-0.25, -0.2) is 8.42 Å². The van der Waals surface area contributed by atoms with E-state index in [1.54, 1.807) is 12.1 Å². The van der Waals surface area contributed by atoms with Gasteiger partial charge in [-0.3, -0.25) is 14.4 Å². The number of hydrogen-bond donors (Lipinski definition) is 4. The van der Waals surface area contributed by atoms with Gasteiger partial charge in [-0.1, -0.05) is 24.3 Å². The number of quaternary nitrogens is 1. The van der Waals surface area contributed by atoms with E-state index in [0.717, 1.165) is 25.1 Å². The van der Waals surface area contributed by atoms with E-state index >= 15 is 0 Å². The highest BCUT2D eigenvalue weighted by atomic mass is 32.2. The van der Waals surface area contributed by atoms with Gasteiger partial charge in [-0.15, -0.1) is 0 Å². The average Bonchev–Trinajstić information content (AvgIpc) is 2.79. The summed E-state index contributed by atoms with van der Waals surface area (Å²) in [6, 6.07) is 12.8. The molecule has 0 aliphatic carbocycles. The van der Waals surface area contributed by atoms with Crippen molar-refractivity contribution in [1.82, 2.24) is 10.6 Å². The zero-order valence-corrected chi connectivity index (χ0v) is 18.2. The Bertz CT molecular complexity index is 1100. The smallest absolute Gasteiger partial charge is 0.324 e. The first kappa shape index (κ1) is 23.4. The molecule has 0 fully saturated rings. The maximum absolute atomic E-state index is 12.6. The number of fused-ring (bicyclic) bond motifs is 1. The van der Waals surface area contributed by atoms with Gasteiger partial charge in [-0.05, 0) is 29.8 Å². The third-order valence-electron chi connectivity index (χ3n) is 5.29. The number of benzene rings is 2. The van der Waals surface area contributed by atoms with Crippen molar-refractivity contribution in [2.24, 2.45) is 0 Å². The van der Waals surface area contributed by atoms with Crippen molar-refractivity contribution in [2.45, 2.75) is 29.5 Å². The van der Waals surface area contributed by atoms with Gasteiger partial charge in [0.1, 0.15) is 6.54 Å². The van der Waals surface area contributed by atoms with Crippen molar-refractivity contribution in [1.29, 1.82) is 0 Å². The largest absolute Gasteiger partial charge is 0.480 e. The van der Waals surface area contributed by atoms with Crippen molar-refractivity contribution in [2.75, 3.05) is 19.6 Å². The third-order valence-corrected chi connectivity index (χ3v) is 7.34. The van der Waals surface area contributed by atoms with Crippen LogP contribution in [0.2, 0.25) is 0 Å². The van der Waals surface area contributed by atoms with E-state index in [0.29, 0.717) is 5.56 Å². The fourth-order valence-electron chi connectivity index (χ4n) is 3.51. The van der Waals surface area contributed by atoms with Crippen molar-refractivity contribution in [3.8, 4) is 0 Å². The molecule has 9 nitrogen and oxygen atoms in total. The van der Waals surface area contributed by atoms with Crippen LogP contribution in [0.25, 0.3) is 0 Å². The molecule has 0 aromatic heterocycles. The second-order valence-electron chi connectivity index (χ2n) is 7.51. The highest BCUT2D eigenvalue weighted by Gasteiger charge is 2.34. The van der Waals surface area contributed by atoms with E-state index in [1.165, 1.54) is 29.8 Å². The number of hydrogen-bond acceptors (Lipinski definition) is 5. The van der Waals surface area contributed by atoms with Gasteiger partial charge >= 0.3 is 5.97 Å². The number of rotatable bonds is 9. The van der Waals surface area contributed by atoms with Crippen molar-refractivity contribution in [3.63, 3.8) is 0 Å². The molecule has 0 spiro atoms. The predicted octanol–water partition coefficient (Wildman–Crippen LogP) is -0.531. The second-order valence-corrected chi connectivity index (χ2v) is 9.64. The van der Waals surface area contributed by atoms with Crippen LogP contribution in [0, 0.1) is 0 Å². The fraction of sp³-hybridized carbons (Fsp3) is 0.318. The number of sulfone groups is 1. The van der Waals surface area contributed by atoms with Crippen LogP contribution >= 0.6 is 0 Å². The summed E-state index contributed by atoms with van der Waals surface area (Å²) in [7, 11) is -4.16. The molecule has 10 heteroatoms. The zero-order chi connectivity index (χ0) is 23.1. The summed E-state index contributed by atoms with van der Waals surface area (Å²) >= 11 is 0. The minimum absolute atomic E-state index is 0.0387. The molecule has 0 radical (unpaired) electrons. The Kier molecular flexibility index (Phi) is 7.60. The molecule has 1 aliphatic rings. The van der Waals surface area contributed by atoms with E-state index < -0.39 is 33.5 Å².